The van der Waals surface area contributed by atoms with Crippen LogP contribution in [-0.2, 0) is 9.53 Å². The van der Waals surface area contributed by atoms with Crippen LogP contribution < -0.4 is 4.90 Å². The van der Waals surface area contributed by atoms with E-state index >= 15 is 0 Å². The fraction of sp³-hybridized carbons (Fsp3) is 0.300. The zero-order valence-corrected chi connectivity index (χ0v) is 11.6. The average Bonchev–Trinajstić information content (AvgIpc) is 2.23. The van der Waals surface area contributed by atoms with Crippen LogP contribution in [0.25, 0.3) is 0 Å². The molecule has 1 aromatic carbocycles. The van der Waals surface area contributed by atoms with Crippen molar-refractivity contribution in [1.82, 2.24) is 0 Å². The molecule has 1 aliphatic rings. The van der Waals surface area contributed by atoms with Crippen molar-refractivity contribution < 1.29 is 9.53 Å². The van der Waals surface area contributed by atoms with Crippen molar-refractivity contribution in [3.05, 3.63) is 26.2 Å². The number of carbonyl (C=O) groups is 1. The van der Waals surface area contributed by atoms with Gasteiger partial charge in [0.15, 0.2) is 0 Å². The molecule has 0 aliphatic carbocycles. The molecule has 1 saturated heterocycles. The number of carbonyl (C=O) groups excluding carboxylic acids is 1. The van der Waals surface area contributed by atoms with Crippen LogP contribution in [0, 0.1) is 3.57 Å². The van der Waals surface area contributed by atoms with Crippen molar-refractivity contribution in [3.63, 3.8) is 0 Å². The van der Waals surface area contributed by atoms with Gasteiger partial charge >= 0.3 is 0 Å². The van der Waals surface area contributed by atoms with E-state index in [9.17, 15) is 4.79 Å². The Balaban J connectivity index is 2.28. The van der Waals surface area contributed by atoms with E-state index in [1.165, 1.54) is 0 Å². The summed E-state index contributed by atoms with van der Waals surface area (Å²) in [5.74, 6) is 0.0272. The summed E-state index contributed by atoms with van der Waals surface area (Å²) < 4.78 is 7.24. The van der Waals surface area contributed by atoms with Gasteiger partial charge in [-0.1, -0.05) is 0 Å². The largest absolute Gasteiger partial charge is 0.370 e. The lowest BCUT2D eigenvalue weighted by atomic mass is 10.2. The Morgan fingerprint density at radius 1 is 1.47 bits per heavy atom. The van der Waals surface area contributed by atoms with Gasteiger partial charge in [-0.3, -0.25) is 4.79 Å². The molecule has 0 atom stereocenters. The van der Waals surface area contributed by atoms with E-state index in [0.717, 1.165) is 13.7 Å². The number of ether oxygens (including phenoxy) is 1. The molecule has 15 heavy (non-hydrogen) atoms. The number of hydrogen-bond acceptors (Lipinski definition) is 2. The molecule has 0 spiro atoms. The predicted octanol–water partition coefficient (Wildman–Crippen LogP) is 2.42. The first-order chi connectivity index (χ1) is 7.18. The summed E-state index contributed by atoms with van der Waals surface area (Å²) in [5.41, 5.74) is 0.941. The highest BCUT2D eigenvalue weighted by Gasteiger charge is 2.20. The van der Waals surface area contributed by atoms with E-state index < -0.39 is 0 Å². The SMILES string of the molecule is O=C1COCCN1c1ccc(Br)c(I)c1. The summed E-state index contributed by atoms with van der Waals surface area (Å²) in [7, 11) is 0. The maximum Gasteiger partial charge on any atom is 0.253 e. The summed E-state index contributed by atoms with van der Waals surface area (Å²) in [6.45, 7) is 1.43. The van der Waals surface area contributed by atoms with Crippen molar-refractivity contribution in [2.75, 3.05) is 24.7 Å². The van der Waals surface area contributed by atoms with E-state index in [2.05, 4.69) is 38.5 Å². The third-order valence-electron chi connectivity index (χ3n) is 2.20. The molecular formula is C10H9BrINO2. The van der Waals surface area contributed by atoms with Gasteiger partial charge in [0.25, 0.3) is 5.91 Å². The van der Waals surface area contributed by atoms with Crippen molar-refractivity contribution >= 4 is 50.1 Å². The Labute approximate surface area is 110 Å². The Bertz CT molecular complexity index is 397. The van der Waals surface area contributed by atoms with Crippen LogP contribution in [-0.4, -0.2) is 25.7 Å². The lowest BCUT2D eigenvalue weighted by Gasteiger charge is -2.27. The monoisotopic (exact) mass is 381 g/mol. The normalized spacial score (nSPS) is 16.9. The minimum Gasteiger partial charge on any atom is -0.370 e. The van der Waals surface area contributed by atoms with Crippen molar-refractivity contribution in [2.24, 2.45) is 0 Å². The third-order valence-corrected chi connectivity index (χ3v) is 4.53. The summed E-state index contributed by atoms with van der Waals surface area (Å²) in [6.07, 6.45) is 0. The van der Waals surface area contributed by atoms with Crippen LogP contribution in [0.15, 0.2) is 22.7 Å². The van der Waals surface area contributed by atoms with E-state index in [4.69, 9.17) is 4.74 Å². The zero-order chi connectivity index (χ0) is 10.8. The molecule has 0 aromatic heterocycles. The molecule has 1 aliphatic heterocycles. The first-order valence-corrected chi connectivity index (χ1v) is 6.39. The summed E-state index contributed by atoms with van der Waals surface area (Å²) in [5, 5.41) is 0. The lowest BCUT2D eigenvalue weighted by molar-refractivity contribution is -0.125. The Morgan fingerprint density at radius 2 is 2.27 bits per heavy atom. The number of rotatable bonds is 1. The maximum atomic E-state index is 11.6. The smallest absolute Gasteiger partial charge is 0.253 e. The second-order valence-electron chi connectivity index (χ2n) is 3.20. The van der Waals surface area contributed by atoms with Crippen molar-refractivity contribution in [2.45, 2.75) is 0 Å². The number of hydrogen-bond donors (Lipinski definition) is 0. The Kier molecular flexibility index (Phi) is 3.63. The summed E-state index contributed by atoms with van der Waals surface area (Å²) >= 11 is 5.67. The zero-order valence-electron chi connectivity index (χ0n) is 7.87. The van der Waals surface area contributed by atoms with Gasteiger partial charge in [0, 0.05) is 20.3 Å². The molecule has 0 saturated carbocycles. The first kappa shape index (κ1) is 11.3. The minimum atomic E-state index is 0.0272. The fourth-order valence-corrected chi connectivity index (χ4v) is 2.19. The standard InChI is InChI=1S/C10H9BrINO2/c11-8-2-1-7(5-9(8)12)13-3-4-15-6-10(13)14/h1-2,5H,3-4,6H2. The fourth-order valence-electron chi connectivity index (χ4n) is 1.44. The van der Waals surface area contributed by atoms with Crippen LogP contribution in [0.5, 0.6) is 0 Å². The number of nitrogens with zero attached hydrogens (tertiary/aromatic N) is 1. The summed E-state index contributed by atoms with van der Waals surface area (Å²) in [6, 6.07) is 5.89. The number of amides is 1. The molecular weight excluding hydrogens is 373 g/mol. The molecule has 3 nitrogen and oxygen atoms in total. The minimum absolute atomic E-state index is 0.0272. The van der Waals surface area contributed by atoms with E-state index in [1.807, 2.05) is 18.2 Å². The molecule has 2 rings (SSSR count). The van der Waals surface area contributed by atoms with Crippen LogP contribution in [0.3, 0.4) is 0 Å². The highest BCUT2D eigenvalue weighted by atomic mass is 127. The number of benzene rings is 1. The van der Waals surface area contributed by atoms with Gasteiger partial charge in [-0.05, 0) is 56.7 Å². The van der Waals surface area contributed by atoms with Gasteiger partial charge in [-0.15, -0.1) is 0 Å². The molecule has 1 aromatic rings. The lowest BCUT2D eigenvalue weighted by Crippen LogP contribution is -2.41. The average molecular weight is 382 g/mol. The van der Waals surface area contributed by atoms with E-state index in [1.54, 1.807) is 4.90 Å². The number of anilines is 1. The molecule has 1 amide bonds. The second kappa shape index (κ2) is 4.80. The van der Waals surface area contributed by atoms with E-state index in [0.29, 0.717) is 13.2 Å². The third kappa shape index (κ3) is 2.51. The topological polar surface area (TPSA) is 29.5 Å². The van der Waals surface area contributed by atoms with Gasteiger partial charge in [0.2, 0.25) is 0 Å². The molecule has 0 radical (unpaired) electrons. The molecule has 80 valence electrons. The molecule has 0 unspecified atom stereocenters. The van der Waals surface area contributed by atoms with Crippen LogP contribution in [0.4, 0.5) is 5.69 Å². The molecule has 0 bridgehead atoms. The number of halogens is 2. The Morgan fingerprint density at radius 3 is 2.93 bits per heavy atom. The van der Waals surface area contributed by atoms with Crippen LogP contribution in [0.1, 0.15) is 0 Å². The first-order valence-electron chi connectivity index (χ1n) is 4.51. The Hall–Kier alpha value is -0.140. The predicted molar refractivity (Wildman–Crippen MR) is 70.0 cm³/mol. The molecule has 0 N–H and O–H groups in total. The van der Waals surface area contributed by atoms with Gasteiger partial charge < -0.3 is 9.64 Å². The van der Waals surface area contributed by atoms with Crippen LogP contribution >= 0.6 is 38.5 Å². The van der Waals surface area contributed by atoms with Gasteiger partial charge in [0.1, 0.15) is 6.61 Å². The van der Waals surface area contributed by atoms with Crippen molar-refractivity contribution in [1.29, 1.82) is 0 Å². The molecule has 5 heteroatoms. The van der Waals surface area contributed by atoms with Gasteiger partial charge in [-0.25, -0.2) is 0 Å². The molecule has 1 heterocycles. The van der Waals surface area contributed by atoms with Crippen molar-refractivity contribution in [3.8, 4) is 0 Å². The maximum absolute atomic E-state index is 11.6. The second-order valence-corrected chi connectivity index (χ2v) is 5.21. The quantitative estimate of drug-likeness (QED) is 0.699. The molecule has 1 fully saturated rings. The van der Waals surface area contributed by atoms with Gasteiger partial charge in [0.05, 0.1) is 6.61 Å². The van der Waals surface area contributed by atoms with Crippen LogP contribution in [0.2, 0.25) is 0 Å². The highest BCUT2D eigenvalue weighted by molar-refractivity contribution is 14.1. The van der Waals surface area contributed by atoms with E-state index in [-0.39, 0.29) is 12.5 Å². The van der Waals surface area contributed by atoms with Gasteiger partial charge in [-0.2, -0.15) is 0 Å². The highest BCUT2D eigenvalue weighted by Crippen LogP contribution is 2.25. The summed E-state index contributed by atoms with van der Waals surface area (Å²) in [4.78, 5) is 13.3. The number of morpholine rings is 1.